The average Bonchev–Trinajstić information content (AvgIpc) is 2.49. The summed E-state index contributed by atoms with van der Waals surface area (Å²) < 4.78 is 5.09. The lowest BCUT2D eigenvalue weighted by atomic mass is 10.0. The number of benzene rings is 1. The summed E-state index contributed by atoms with van der Waals surface area (Å²) >= 11 is 0. The molecule has 5 heteroatoms. The molecule has 1 rings (SSSR count). The molecule has 0 aliphatic heterocycles. The van der Waals surface area contributed by atoms with Gasteiger partial charge in [-0.1, -0.05) is 25.5 Å². The molecular formula is C16H21NO4. The molecule has 1 aromatic rings. The summed E-state index contributed by atoms with van der Waals surface area (Å²) in [4.78, 5) is 22.6. The number of carbonyl (C=O) groups is 2. The number of nitrogens with one attached hydrogen (secondary N) is 1. The predicted molar refractivity (Wildman–Crippen MR) is 81.1 cm³/mol. The number of aliphatic carboxylic acids is 1. The van der Waals surface area contributed by atoms with E-state index in [4.69, 9.17) is 9.84 Å². The normalized spacial score (nSPS) is 12.1. The van der Waals surface area contributed by atoms with Gasteiger partial charge < -0.3 is 15.2 Å². The smallest absolute Gasteiger partial charge is 0.308 e. The molecule has 1 aromatic carbocycles. The van der Waals surface area contributed by atoms with E-state index >= 15 is 0 Å². The first-order valence-electron chi connectivity index (χ1n) is 6.89. The minimum Gasteiger partial charge on any atom is -0.497 e. The topological polar surface area (TPSA) is 75.6 Å². The fourth-order valence-corrected chi connectivity index (χ4v) is 1.86. The Balaban J connectivity index is 2.52. The third kappa shape index (κ3) is 6.12. The highest BCUT2D eigenvalue weighted by Gasteiger charge is 2.16. The molecule has 0 heterocycles. The second kappa shape index (κ2) is 8.79. The Morgan fingerprint density at radius 2 is 2.19 bits per heavy atom. The maximum Gasteiger partial charge on any atom is 0.308 e. The highest BCUT2D eigenvalue weighted by Crippen LogP contribution is 2.13. The van der Waals surface area contributed by atoms with E-state index in [2.05, 4.69) is 5.32 Å². The molecule has 2 N–H and O–H groups in total. The Hall–Kier alpha value is -2.30. The van der Waals surface area contributed by atoms with Crippen molar-refractivity contribution in [2.75, 3.05) is 13.7 Å². The molecule has 21 heavy (non-hydrogen) atoms. The highest BCUT2D eigenvalue weighted by molar-refractivity contribution is 5.92. The van der Waals surface area contributed by atoms with Gasteiger partial charge in [0.15, 0.2) is 0 Å². The molecule has 114 valence electrons. The van der Waals surface area contributed by atoms with Crippen LogP contribution in [0.4, 0.5) is 0 Å². The standard InChI is InChI=1S/C16H21NO4/c1-3-5-13(16(19)20)11-17-15(18)9-8-12-6-4-7-14(10-12)21-2/h4,6-10,13H,3,5,11H2,1-2H3,(H,17,18)(H,19,20). The summed E-state index contributed by atoms with van der Waals surface area (Å²) in [5.74, 6) is -1.01. The van der Waals surface area contributed by atoms with Crippen LogP contribution in [0.1, 0.15) is 25.3 Å². The van der Waals surface area contributed by atoms with Gasteiger partial charge in [0.25, 0.3) is 0 Å². The molecule has 0 radical (unpaired) electrons. The zero-order valence-electron chi connectivity index (χ0n) is 12.3. The van der Waals surface area contributed by atoms with E-state index in [9.17, 15) is 9.59 Å². The van der Waals surface area contributed by atoms with Crippen molar-refractivity contribution in [2.24, 2.45) is 5.92 Å². The first-order valence-corrected chi connectivity index (χ1v) is 6.89. The van der Waals surface area contributed by atoms with Crippen molar-refractivity contribution >= 4 is 18.0 Å². The Bertz CT molecular complexity index is 511. The molecule has 0 aliphatic carbocycles. The largest absolute Gasteiger partial charge is 0.497 e. The summed E-state index contributed by atoms with van der Waals surface area (Å²) in [6, 6.07) is 7.31. The molecule has 1 unspecified atom stereocenters. The number of hydrogen-bond donors (Lipinski definition) is 2. The van der Waals surface area contributed by atoms with Crippen molar-refractivity contribution in [1.82, 2.24) is 5.32 Å². The quantitative estimate of drug-likeness (QED) is 0.721. The van der Waals surface area contributed by atoms with E-state index < -0.39 is 11.9 Å². The molecule has 1 atom stereocenters. The van der Waals surface area contributed by atoms with E-state index in [1.807, 2.05) is 25.1 Å². The van der Waals surface area contributed by atoms with E-state index in [-0.39, 0.29) is 12.5 Å². The maximum absolute atomic E-state index is 11.7. The summed E-state index contributed by atoms with van der Waals surface area (Å²) in [5, 5.41) is 11.6. The highest BCUT2D eigenvalue weighted by atomic mass is 16.5. The zero-order valence-corrected chi connectivity index (χ0v) is 12.3. The SMILES string of the molecule is CCCC(CNC(=O)C=Cc1cccc(OC)c1)C(=O)O. The molecule has 0 bridgehead atoms. The third-order valence-corrected chi connectivity index (χ3v) is 3.03. The number of carboxylic acids is 1. The summed E-state index contributed by atoms with van der Waals surface area (Å²) in [5.41, 5.74) is 0.841. The first kappa shape index (κ1) is 16.8. The number of ether oxygens (including phenoxy) is 1. The van der Waals surface area contributed by atoms with Gasteiger partial charge in [-0.25, -0.2) is 0 Å². The summed E-state index contributed by atoms with van der Waals surface area (Å²) in [6.45, 7) is 2.06. The number of hydrogen-bond acceptors (Lipinski definition) is 3. The summed E-state index contributed by atoms with van der Waals surface area (Å²) in [6.07, 6.45) is 4.37. The summed E-state index contributed by atoms with van der Waals surface area (Å²) in [7, 11) is 1.58. The predicted octanol–water partition coefficient (Wildman–Crippen LogP) is 2.33. The van der Waals surface area contributed by atoms with Crippen LogP contribution in [0.15, 0.2) is 30.3 Å². The Morgan fingerprint density at radius 1 is 1.43 bits per heavy atom. The molecule has 1 amide bonds. The van der Waals surface area contributed by atoms with Crippen LogP contribution >= 0.6 is 0 Å². The molecule has 0 saturated heterocycles. The van der Waals surface area contributed by atoms with Crippen molar-refractivity contribution in [3.8, 4) is 5.75 Å². The van der Waals surface area contributed by atoms with E-state index in [0.717, 1.165) is 12.0 Å². The molecule has 0 fully saturated rings. The van der Waals surface area contributed by atoms with Gasteiger partial charge in [-0.05, 0) is 30.2 Å². The first-order chi connectivity index (χ1) is 10.1. The number of amides is 1. The van der Waals surface area contributed by atoms with Crippen LogP contribution in [0.3, 0.4) is 0 Å². The Kier molecular flexibility index (Phi) is 7.01. The number of carboxylic acid groups (broad SMARTS) is 1. The molecule has 0 saturated carbocycles. The number of methoxy groups -OCH3 is 1. The lowest BCUT2D eigenvalue weighted by molar-refractivity contribution is -0.141. The van der Waals surface area contributed by atoms with Gasteiger partial charge in [0.05, 0.1) is 13.0 Å². The van der Waals surface area contributed by atoms with Gasteiger partial charge in [0.1, 0.15) is 5.75 Å². The lowest BCUT2D eigenvalue weighted by Gasteiger charge is -2.11. The van der Waals surface area contributed by atoms with Crippen molar-refractivity contribution < 1.29 is 19.4 Å². The van der Waals surface area contributed by atoms with E-state index in [0.29, 0.717) is 12.2 Å². The van der Waals surface area contributed by atoms with Crippen molar-refractivity contribution in [2.45, 2.75) is 19.8 Å². The van der Waals surface area contributed by atoms with Crippen LogP contribution in [-0.2, 0) is 9.59 Å². The van der Waals surface area contributed by atoms with Crippen LogP contribution in [0.5, 0.6) is 5.75 Å². The van der Waals surface area contributed by atoms with Crippen molar-refractivity contribution in [3.05, 3.63) is 35.9 Å². The lowest BCUT2D eigenvalue weighted by Crippen LogP contribution is -2.31. The van der Waals surface area contributed by atoms with Crippen molar-refractivity contribution in [1.29, 1.82) is 0 Å². The molecule has 0 aromatic heterocycles. The van der Waals surface area contributed by atoms with Crippen LogP contribution in [-0.4, -0.2) is 30.6 Å². The van der Waals surface area contributed by atoms with Gasteiger partial charge in [-0.3, -0.25) is 9.59 Å². The minimum atomic E-state index is -0.881. The monoisotopic (exact) mass is 291 g/mol. The second-order valence-electron chi connectivity index (χ2n) is 4.68. The van der Waals surface area contributed by atoms with Crippen LogP contribution in [0, 0.1) is 5.92 Å². The number of carbonyl (C=O) groups excluding carboxylic acids is 1. The zero-order chi connectivity index (χ0) is 15.7. The molecule has 0 aliphatic rings. The van der Waals surface area contributed by atoms with Gasteiger partial charge in [-0.2, -0.15) is 0 Å². The van der Waals surface area contributed by atoms with Crippen LogP contribution < -0.4 is 10.1 Å². The third-order valence-electron chi connectivity index (χ3n) is 3.03. The fourth-order valence-electron chi connectivity index (χ4n) is 1.86. The molecule has 5 nitrogen and oxygen atoms in total. The van der Waals surface area contributed by atoms with Gasteiger partial charge in [0.2, 0.25) is 5.91 Å². The van der Waals surface area contributed by atoms with E-state index in [1.165, 1.54) is 6.08 Å². The number of rotatable bonds is 8. The van der Waals surface area contributed by atoms with Crippen LogP contribution in [0.25, 0.3) is 6.08 Å². The Labute approximate surface area is 124 Å². The maximum atomic E-state index is 11.7. The molecular weight excluding hydrogens is 270 g/mol. The second-order valence-corrected chi connectivity index (χ2v) is 4.68. The Morgan fingerprint density at radius 3 is 2.81 bits per heavy atom. The average molecular weight is 291 g/mol. The fraction of sp³-hybridized carbons (Fsp3) is 0.375. The molecule has 0 spiro atoms. The van der Waals surface area contributed by atoms with Gasteiger partial charge in [0, 0.05) is 12.6 Å². The van der Waals surface area contributed by atoms with Gasteiger partial charge in [-0.15, -0.1) is 0 Å². The minimum absolute atomic E-state index is 0.143. The van der Waals surface area contributed by atoms with Gasteiger partial charge >= 0.3 is 5.97 Å². The van der Waals surface area contributed by atoms with Crippen LogP contribution in [0.2, 0.25) is 0 Å². The van der Waals surface area contributed by atoms with Crippen molar-refractivity contribution in [3.63, 3.8) is 0 Å². The van der Waals surface area contributed by atoms with E-state index in [1.54, 1.807) is 19.3 Å².